The molecular weight excluding hydrogens is 458 g/mol. The molecule has 0 spiro atoms. The van der Waals surface area contributed by atoms with Crippen molar-refractivity contribution in [1.29, 1.82) is 0 Å². The molecule has 0 saturated heterocycles. The molecule has 0 unspecified atom stereocenters. The van der Waals surface area contributed by atoms with Crippen LogP contribution in [-0.2, 0) is 18.8 Å². The van der Waals surface area contributed by atoms with E-state index in [0.717, 1.165) is 23.6 Å². The third-order valence-electron chi connectivity index (χ3n) is 5.39. The largest absolute Gasteiger partial charge is 0.455 e. The van der Waals surface area contributed by atoms with Gasteiger partial charge in [-0.2, -0.15) is 0 Å². The van der Waals surface area contributed by atoms with Gasteiger partial charge < -0.3 is 14.6 Å². The van der Waals surface area contributed by atoms with Crippen molar-refractivity contribution < 1.29 is 9.21 Å². The summed E-state index contributed by atoms with van der Waals surface area (Å²) in [5.41, 5.74) is 3.19. The number of carbonyl (C=O) groups is 1. The number of aromatic nitrogens is 3. The fourth-order valence-corrected chi connectivity index (χ4v) is 4.16. The van der Waals surface area contributed by atoms with Gasteiger partial charge in [-0.3, -0.25) is 9.78 Å². The first-order chi connectivity index (χ1) is 17.0. The maximum absolute atomic E-state index is 12.4. The molecule has 0 bridgehead atoms. The minimum Gasteiger partial charge on any atom is -0.455 e. The van der Waals surface area contributed by atoms with Crippen LogP contribution in [-0.4, -0.2) is 27.9 Å². The number of furan rings is 1. The Morgan fingerprint density at radius 3 is 2.54 bits per heavy atom. The molecule has 1 aromatic carbocycles. The highest BCUT2D eigenvalue weighted by Gasteiger charge is 2.14. The first kappa shape index (κ1) is 24.5. The zero-order chi connectivity index (χ0) is 24.6. The van der Waals surface area contributed by atoms with Crippen molar-refractivity contribution in [2.24, 2.45) is 0 Å². The van der Waals surface area contributed by atoms with Crippen molar-refractivity contribution in [2.75, 3.05) is 11.9 Å². The normalized spacial score (nSPS) is 11.0. The van der Waals surface area contributed by atoms with Crippen LogP contribution in [0.3, 0.4) is 0 Å². The van der Waals surface area contributed by atoms with Crippen molar-refractivity contribution in [3.05, 3.63) is 101 Å². The summed E-state index contributed by atoms with van der Waals surface area (Å²) in [7, 11) is 2.04. The molecule has 0 aliphatic rings. The van der Waals surface area contributed by atoms with Gasteiger partial charge in [0.1, 0.15) is 11.6 Å². The first-order valence-corrected chi connectivity index (χ1v) is 12.5. The van der Waals surface area contributed by atoms with Crippen molar-refractivity contribution in [1.82, 2.24) is 20.3 Å². The third-order valence-corrected chi connectivity index (χ3v) is 6.26. The number of carbonyl (C=O) groups excluding carboxylic acids is 1. The number of nitrogens with zero attached hydrogens (tertiary/aromatic N) is 4. The molecule has 0 atom stereocenters. The van der Waals surface area contributed by atoms with Gasteiger partial charge in [0.05, 0.1) is 5.75 Å². The fraction of sp³-hybridized carbons (Fsp3) is 0.259. The van der Waals surface area contributed by atoms with Crippen LogP contribution in [0.25, 0.3) is 0 Å². The summed E-state index contributed by atoms with van der Waals surface area (Å²) in [4.78, 5) is 28.1. The van der Waals surface area contributed by atoms with Gasteiger partial charge in [-0.25, -0.2) is 9.97 Å². The van der Waals surface area contributed by atoms with Crippen LogP contribution in [0.2, 0.25) is 0 Å². The van der Waals surface area contributed by atoms with Gasteiger partial charge >= 0.3 is 0 Å². The lowest BCUT2D eigenvalue weighted by molar-refractivity contribution is 0.0921. The number of hydrogen-bond acceptors (Lipinski definition) is 7. The van der Waals surface area contributed by atoms with E-state index in [9.17, 15) is 4.79 Å². The van der Waals surface area contributed by atoms with Crippen molar-refractivity contribution in [2.45, 2.75) is 43.8 Å². The molecule has 0 aliphatic heterocycles. The summed E-state index contributed by atoms with van der Waals surface area (Å²) < 4.78 is 5.78. The van der Waals surface area contributed by atoms with Crippen molar-refractivity contribution in [3.8, 4) is 0 Å². The van der Waals surface area contributed by atoms with E-state index in [0.29, 0.717) is 23.2 Å². The topological polar surface area (TPSA) is 84.2 Å². The van der Waals surface area contributed by atoms with E-state index in [4.69, 9.17) is 14.4 Å². The predicted octanol–water partition coefficient (Wildman–Crippen LogP) is 5.45. The average molecular weight is 488 g/mol. The number of pyridine rings is 1. The van der Waals surface area contributed by atoms with E-state index in [1.54, 1.807) is 18.5 Å². The molecule has 0 radical (unpaired) electrons. The van der Waals surface area contributed by atoms with Gasteiger partial charge in [0.15, 0.2) is 10.9 Å². The van der Waals surface area contributed by atoms with Crippen molar-refractivity contribution >= 4 is 23.5 Å². The molecule has 180 valence electrons. The Hall–Kier alpha value is -3.65. The first-order valence-electron chi connectivity index (χ1n) is 11.5. The molecule has 7 nitrogen and oxygen atoms in total. The molecule has 3 heterocycles. The summed E-state index contributed by atoms with van der Waals surface area (Å²) in [5.74, 6) is 2.42. The molecule has 1 N–H and O–H groups in total. The predicted molar refractivity (Wildman–Crippen MR) is 138 cm³/mol. The monoisotopic (exact) mass is 487 g/mol. The molecule has 0 aliphatic carbocycles. The van der Waals surface area contributed by atoms with Gasteiger partial charge in [-0.05, 0) is 41.3 Å². The molecule has 4 rings (SSSR count). The molecule has 0 saturated carbocycles. The highest BCUT2D eigenvalue weighted by molar-refractivity contribution is 7.98. The number of benzene rings is 1. The van der Waals surface area contributed by atoms with Crippen molar-refractivity contribution in [3.63, 3.8) is 0 Å². The van der Waals surface area contributed by atoms with Crippen LogP contribution < -0.4 is 10.2 Å². The summed E-state index contributed by atoms with van der Waals surface area (Å²) in [6, 6.07) is 19.6. The lowest BCUT2D eigenvalue weighted by Crippen LogP contribution is -2.22. The van der Waals surface area contributed by atoms with E-state index in [2.05, 4.69) is 47.2 Å². The number of hydrogen-bond donors (Lipinski definition) is 1. The minimum atomic E-state index is -0.249. The second kappa shape index (κ2) is 11.7. The average Bonchev–Trinajstić information content (AvgIpc) is 3.36. The van der Waals surface area contributed by atoms with Gasteiger partial charge in [0.25, 0.3) is 5.91 Å². The van der Waals surface area contributed by atoms with Gasteiger partial charge in [0.2, 0.25) is 0 Å². The van der Waals surface area contributed by atoms with E-state index >= 15 is 0 Å². The lowest BCUT2D eigenvalue weighted by atomic mass is 10.1. The third kappa shape index (κ3) is 6.93. The quantitative estimate of drug-likeness (QED) is 0.235. The lowest BCUT2D eigenvalue weighted by Gasteiger charge is -2.20. The van der Waals surface area contributed by atoms with Crippen LogP contribution >= 0.6 is 11.8 Å². The highest BCUT2D eigenvalue weighted by Crippen LogP contribution is 2.26. The van der Waals surface area contributed by atoms with E-state index in [1.807, 2.05) is 43.4 Å². The molecule has 35 heavy (non-hydrogen) atoms. The Morgan fingerprint density at radius 1 is 1.03 bits per heavy atom. The standard InChI is InChI=1S/C27H29N5O2S/c1-19(2)23-15-25(32(3)17-21-7-5-4-6-8-21)31-27(30-23)35-18-22-9-10-24(34-22)26(33)29-16-20-11-13-28-14-12-20/h4-15,19H,16-18H2,1-3H3,(H,29,33). The molecule has 4 aromatic rings. The second-order valence-electron chi connectivity index (χ2n) is 8.52. The molecule has 0 fully saturated rings. The Kier molecular flexibility index (Phi) is 8.15. The maximum atomic E-state index is 12.4. The summed E-state index contributed by atoms with van der Waals surface area (Å²) in [6.07, 6.45) is 3.40. The Balaban J connectivity index is 1.40. The Bertz CT molecular complexity index is 1240. The number of thioether (sulfide) groups is 1. The van der Waals surface area contributed by atoms with E-state index < -0.39 is 0 Å². The summed E-state index contributed by atoms with van der Waals surface area (Å²) in [6.45, 7) is 5.43. The molecule has 8 heteroatoms. The zero-order valence-corrected chi connectivity index (χ0v) is 21.0. The Labute approximate surface area is 210 Å². The number of rotatable bonds is 10. The van der Waals surface area contributed by atoms with Gasteiger partial charge in [0, 0.05) is 44.3 Å². The van der Waals surface area contributed by atoms with Crippen LogP contribution in [0.4, 0.5) is 5.82 Å². The highest BCUT2D eigenvalue weighted by atomic mass is 32.2. The molecule has 1 amide bonds. The fourth-order valence-electron chi connectivity index (χ4n) is 3.41. The summed E-state index contributed by atoms with van der Waals surface area (Å²) in [5, 5.41) is 3.55. The minimum absolute atomic E-state index is 0.249. The van der Waals surface area contributed by atoms with Crippen LogP contribution in [0, 0.1) is 0 Å². The van der Waals surface area contributed by atoms with Gasteiger partial charge in [-0.15, -0.1) is 0 Å². The number of anilines is 1. The zero-order valence-electron chi connectivity index (χ0n) is 20.1. The SMILES string of the molecule is CC(C)c1cc(N(C)Cc2ccccc2)nc(SCc2ccc(C(=O)NCc3ccncc3)o2)n1. The van der Waals surface area contributed by atoms with Crippen LogP contribution in [0.5, 0.6) is 0 Å². The van der Waals surface area contributed by atoms with E-state index in [-0.39, 0.29) is 17.6 Å². The number of amides is 1. The van der Waals surface area contributed by atoms with Crippen LogP contribution in [0.15, 0.2) is 82.6 Å². The molecular formula is C27H29N5O2S. The number of nitrogens with one attached hydrogen (secondary N) is 1. The van der Waals surface area contributed by atoms with Crippen LogP contribution in [0.1, 0.15) is 52.9 Å². The summed E-state index contributed by atoms with van der Waals surface area (Å²) >= 11 is 1.50. The van der Waals surface area contributed by atoms with E-state index in [1.165, 1.54) is 17.3 Å². The van der Waals surface area contributed by atoms with Gasteiger partial charge in [-0.1, -0.05) is 55.9 Å². The smallest absolute Gasteiger partial charge is 0.287 e. The Morgan fingerprint density at radius 2 is 1.80 bits per heavy atom. The maximum Gasteiger partial charge on any atom is 0.287 e. The molecule has 3 aromatic heterocycles. The second-order valence-corrected chi connectivity index (χ2v) is 9.47.